The molecule has 0 amide bonds. The van der Waals surface area contributed by atoms with Gasteiger partial charge in [-0.1, -0.05) is 19.3 Å². The van der Waals surface area contributed by atoms with Crippen LogP contribution >= 0.6 is 0 Å². The molecule has 1 aromatic rings. The number of hydrogen-bond donors (Lipinski definition) is 1. The van der Waals surface area contributed by atoms with E-state index >= 15 is 0 Å². The van der Waals surface area contributed by atoms with Gasteiger partial charge in [-0.25, -0.2) is 9.97 Å². The molecule has 2 saturated carbocycles. The zero-order chi connectivity index (χ0) is 13.8. The Morgan fingerprint density at radius 2 is 2.10 bits per heavy atom. The summed E-state index contributed by atoms with van der Waals surface area (Å²) in [6.07, 6.45) is 10.4. The van der Waals surface area contributed by atoms with Crippen molar-refractivity contribution in [1.82, 2.24) is 15.3 Å². The van der Waals surface area contributed by atoms with Crippen LogP contribution in [0.4, 0.5) is 0 Å². The quantitative estimate of drug-likeness (QED) is 0.867. The van der Waals surface area contributed by atoms with Crippen LogP contribution in [-0.4, -0.2) is 22.6 Å². The van der Waals surface area contributed by atoms with Crippen LogP contribution < -0.4 is 5.32 Å². The highest BCUT2D eigenvalue weighted by molar-refractivity contribution is 5.10. The van der Waals surface area contributed by atoms with E-state index in [1.54, 1.807) is 0 Å². The summed E-state index contributed by atoms with van der Waals surface area (Å²) < 4.78 is 6.10. The van der Waals surface area contributed by atoms with Gasteiger partial charge in [0.05, 0.1) is 5.69 Å². The molecule has 3 rings (SSSR count). The molecule has 0 unspecified atom stereocenters. The molecule has 0 bridgehead atoms. The molecule has 2 aliphatic rings. The van der Waals surface area contributed by atoms with Crippen LogP contribution in [0.5, 0.6) is 0 Å². The van der Waals surface area contributed by atoms with E-state index < -0.39 is 0 Å². The summed E-state index contributed by atoms with van der Waals surface area (Å²) in [6, 6.07) is 2.73. The lowest BCUT2D eigenvalue weighted by molar-refractivity contribution is -0.0768. The number of ether oxygens (including phenoxy) is 1. The van der Waals surface area contributed by atoms with Gasteiger partial charge < -0.3 is 10.1 Å². The monoisotopic (exact) mass is 275 g/mol. The van der Waals surface area contributed by atoms with E-state index in [4.69, 9.17) is 9.72 Å². The Morgan fingerprint density at radius 3 is 2.80 bits per heavy atom. The Hall–Kier alpha value is -1.00. The second kappa shape index (κ2) is 6.19. The van der Waals surface area contributed by atoms with Crippen molar-refractivity contribution < 1.29 is 4.74 Å². The van der Waals surface area contributed by atoms with Gasteiger partial charge in [0.2, 0.25) is 0 Å². The van der Waals surface area contributed by atoms with Gasteiger partial charge in [-0.05, 0) is 38.7 Å². The van der Waals surface area contributed by atoms with E-state index in [9.17, 15) is 0 Å². The van der Waals surface area contributed by atoms with E-state index in [1.165, 1.54) is 32.1 Å². The molecule has 1 aromatic heterocycles. The fourth-order valence-electron chi connectivity index (χ4n) is 3.08. The predicted molar refractivity (Wildman–Crippen MR) is 78.3 cm³/mol. The van der Waals surface area contributed by atoms with Gasteiger partial charge in [-0.15, -0.1) is 0 Å². The average molecular weight is 275 g/mol. The Labute approximate surface area is 121 Å². The first-order valence-corrected chi connectivity index (χ1v) is 8.02. The molecule has 0 aliphatic heterocycles. The molecule has 20 heavy (non-hydrogen) atoms. The molecule has 1 N–H and O–H groups in total. The fraction of sp³-hybridized carbons (Fsp3) is 0.750. The largest absolute Gasteiger partial charge is 0.367 e. The highest BCUT2D eigenvalue weighted by Gasteiger charge is 2.37. The maximum Gasteiger partial charge on any atom is 0.160 e. The van der Waals surface area contributed by atoms with E-state index in [0.717, 1.165) is 37.5 Å². The van der Waals surface area contributed by atoms with Crippen LogP contribution in [0, 0.1) is 0 Å². The second-order valence-corrected chi connectivity index (χ2v) is 6.01. The summed E-state index contributed by atoms with van der Waals surface area (Å²) in [5, 5.41) is 3.52. The highest BCUT2D eigenvalue weighted by atomic mass is 16.5. The van der Waals surface area contributed by atoms with E-state index in [2.05, 4.69) is 17.2 Å². The summed E-state index contributed by atoms with van der Waals surface area (Å²) in [5.41, 5.74) is 0.856. The van der Waals surface area contributed by atoms with Crippen molar-refractivity contribution in [3.05, 3.63) is 23.8 Å². The molecule has 4 heteroatoms. The SMILES string of the molecule is CCOC1(c2nccc(CNC3CC3)n2)CCCCC1. The third kappa shape index (κ3) is 3.18. The van der Waals surface area contributed by atoms with Gasteiger partial charge in [-0.2, -0.15) is 0 Å². The Kier molecular flexibility index (Phi) is 4.32. The van der Waals surface area contributed by atoms with Crippen molar-refractivity contribution in [3.8, 4) is 0 Å². The third-order valence-electron chi connectivity index (χ3n) is 4.35. The molecule has 1 heterocycles. The topological polar surface area (TPSA) is 47.0 Å². The number of aromatic nitrogens is 2. The molecule has 0 radical (unpaired) electrons. The van der Waals surface area contributed by atoms with Crippen LogP contribution in [-0.2, 0) is 16.9 Å². The van der Waals surface area contributed by atoms with Crippen LogP contribution in [0.25, 0.3) is 0 Å². The fourth-order valence-corrected chi connectivity index (χ4v) is 3.08. The number of hydrogen-bond acceptors (Lipinski definition) is 4. The van der Waals surface area contributed by atoms with Crippen molar-refractivity contribution in [2.24, 2.45) is 0 Å². The molecule has 2 aliphatic carbocycles. The average Bonchev–Trinajstić information content (AvgIpc) is 3.31. The molecular weight excluding hydrogens is 250 g/mol. The zero-order valence-corrected chi connectivity index (χ0v) is 12.4. The lowest BCUT2D eigenvalue weighted by atomic mass is 9.83. The first-order chi connectivity index (χ1) is 9.82. The molecule has 0 atom stereocenters. The van der Waals surface area contributed by atoms with E-state index in [1.807, 2.05) is 12.3 Å². The summed E-state index contributed by atoms with van der Waals surface area (Å²) in [4.78, 5) is 9.32. The number of nitrogens with zero attached hydrogens (tertiary/aromatic N) is 2. The minimum Gasteiger partial charge on any atom is -0.367 e. The van der Waals surface area contributed by atoms with Gasteiger partial charge in [0.1, 0.15) is 5.60 Å². The lowest BCUT2D eigenvalue weighted by Crippen LogP contribution is -2.35. The lowest BCUT2D eigenvalue weighted by Gasteiger charge is -2.35. The van der Waals surface area contributed by atoms with Gasteiger partial charge in [0, 0.05) is 25.4 Å². The predicted octanol–water partition coefficient (Wildman–Crippen LogP) is 2.92. The molecule has 110 valence electrons. The van der Waals surface area contributed by atoms with Crippen molar-refractivity contribution in [3.63, 3.8) is 0 Å². The Morgan fingerprint density at radius 1 is 1.30 bits per heavy atom. The zero-order valence-electron chi connectivity index (χ0n) is 12.4. The Balaban J connectivity index is 1.76. The third-order valence-corrected chi connectivity index (χ3v) is 4.35. The molecule has 2 fully saturated rings. The van der Waals surface area contributed by atoms with E-state index in [0.29, 0.717) is 6.04 Å². The molecule has 0 spiro atoms. The maximum atomic E-state index is 6.10. The summed E-state index contributed by atoms with van der Waals surface area (Å²) in [5.74, 6) is 0.897. The first kappa shape index (κ1) is 14.0. The van der Waals surface area contributed by atoms with Gasteiger partial charge in [0.15, 0.2) is 5.82 Å². The summed E-state index contributed by atoms with van der Waals surface area (Å²) in [6.45, 7) is 3.64. The number of rotatable bonds is 6. The molecule has 0 saturated heterocycles. The van der Waals surface area contributed by atoms with Gasteiger partial charge in [-0.3, -0.25) is 0 Å². The first-order valence-electron chi connectivity index (χ1n) is 8.02. The molecular formula is C16H25N3O. The van der Waals surface area contributed by atoms with Crippen LogP contribution in [0.3, 0.4) is 0 Å². The van der Waals surface area contributed by atoms with Crippen molar-refractivity contribution >= 4 is 0 Å². The summed E-state index contributed by atoms with van der Waals surface area (Å²) >= 11 is 0. The molecule has 4 nitrogen and oxygen atoms in total. The second-order valence-electron chi connectivity index (χ2n) is 6.01. The Bertz CT molecular complexity index is 434. The minimum absolute atomic E-state index is 0.234. The van der Waals surface area contributed by atoms with Crippen LogP contribution in [0.15, 0.2) is 12.3 Å². The normalized spacial score (nSPS) is 21.9. The van der Waals surface area contributed by atoms with E-state index in [-0.39, 0.29) is 5.60 Å². The van der Waals surface area contributed by atoms with Gasteiger partial charge in [0.25, 0.3) is 0 Å². The highest BCUT2D eigenvalue weighted by Crippen LogP contribution is 2.38. The molecule has 0 aromatic carbocycles. The van der Waals surface area contributed by atoms with Crippen molar-refractivity contribution in [1.29, 1.82) is 0 Å². The number of nitrogens with one attached hydrogen (secondary N) is 1. The van der Waals surface area contributed by atoms with Crippen molar-refractivity contribution in [2.45, 2.75) is 70.1 Å². The maximum absolute atomic E-state index is 6.10. The summed E-state index contributed by atoms with van der Waals surface area (Å²) in [7, 11) is 0. The smallest absolute Gasteiger partial charge is 0.160 e. The van der Waals surface area contributed by atoms with Crippen LogP contribution in [0.1, 0.15) is 63.4 Å². The minimum atomic E-state index is -0.234. The standard InChI is InChI=1S/C16H25N3O/c1-2-20-16(9-4-3-5-10-16)15-17-11-8-14(19-15)12-18-13-6-7-13/h8,11,13,18H,2-7,9-10,12H2,1H3. The van der Waals surface area contributed by atoms with Crippen molar-refractivity contribution in [2.75, 3.05) is 6.61 Å². The van der Waals surface area contributed by atoms with Crippen LogP contribution in [0.2, 0.25) is 0 Å². The van der Waals surface area contributed by atoms with Gasteiger partial charge >= 0.3 is 0 Å².